The van der Waals surface area contributed by atoms with Crippen molar-refractivity contribution >= 4 is 11.4 Å². The van der Waals surface area contributed by atoms with E-state index in [4.69, 9.17) is 20.9 Å². The van der Waals surface area contributed by atoms with E-state index in [0.29, 0.717) is 17.5 Å². The Morgan fingerprint density at radius 2 is 1.60 bits per heavy atom. The van der Waals surface area contributed by atoms with Gasteiger partial charge in [-0.15, -0.1) is 0 Å². The number of ether oxygens (including phenoxy) is 2. The predicted octanol–water partition coefficient (Wildman–Crippen LogP) is 3.49. The Labute approximate surface area is 241 Å². The summed E-state index contributed by atoms with van der Waals surface area (Å²) in [7, 11) is 7.57. The van der Waals surface area contributed by atoms with Gasteiger partial charge in [-0.1, -0.05) is 32.0 Å². The molecule has 2 heterocycles. The number of rotatable bonds is 12. The molecular weight excluding hydrogens is 502 g/mol. The molecule has 0 bridgehead atoms. The number of hydrogen-bond acceptors (Lipinski definition) is 9. The second-order valence-corrected chi connectivity index (χ2v) is 11.2. The first kappa shape index (κ1) is 30.4. The van der Waals surface area contributed by atoms with Gasteiger partial charge in [-0.25, -0.2) is 4.90 Å². The molecule has 2 atom stereocenters. The number of para-hydroxylation sites is 1. The molecule has 2 aromatic rings. The van der Waals surface area contributed by atoms with Crippen LogP contribution in [0, 0.1) is 0 Å². The molecule has 0 amide bonds. The number of nitrogens with two attached hydrogens (primary N) is 2. The molecule has 2 unspecified atom stereocenters. The maximum Gasteiger partial charge on any atom is 0.162 e. The molecule has 0 aliphatic carbocycles. The summed E-state index contributed by atoms with van der Waals surface area (Å²) in [4.78, 5) is 11.9. The third kappa shape index (κ3) is 6.50. The van der Waals surface area contributed by atoms with Crippen LogP contribution < -0.4 is 30.7 Å². The summed E-state index contributed by atoms with van der Waals surface area (Å²) >= 11 is 0. The fourth-order valence-electron chi connectivity index (χ4n) is 6.40. The van der Waals surface area contributed by atoms with Gasteiger partial charge in [0, 0.05) is 56.2 Å². The summed E-state index contributed by atoms with van der Waals surface area (Å²) in [5.41, 5.74) is 18.8. The lowest BCUT2D eigenvalue weighted by Crippen LogP contribution is -2.64. The Morgan fingerprint density at radius 3 is 2.23 bits per heavy atom. The second kappa shape index (κ2) is 13.9. The van der Waals surface area contributed by atoms with Crippen LogP contribution in [0.15, 0.2) is 36.4 Å². The average Bonchev–Trinajstić information content (AvgIpc) is 2.97. The molecule has 9 nitrogen and oxygen atoms in total. The molecule has 2 aliphatic heterocycles. The lowest BCUT2D eigenvalue weighted by Gasteiger charge is -2.52. The smallest absolute Gasteiger partial charge is 0.162 e. The highest BCUT2D eigenvalue weighted by molar-refractivity contribution is 5.65. The summed E-state index contributed by atoms with van der Waals surface area (Å²) in [6.07, 6.45) is 2.47. The highest BCUT2D eigenvalue weighted by atomic mass is 16.5. The van der Waals surface area contributed by atoms with Crippen LogP contribution in [0.3, 0.4) is 0 Å². The predicted molar refractivity (Wildman–Crippen MR) is 165 cm³/mol. The first-order valence-electron chi connectivity index (χ1n) is 14.8. The van der Waals surface area contributed by atoms with Crippen LogP contribution in [0.25, 0.3) is 0 Å². The fraction of sp³-hybridized carbons (Fsp3) is 0.613. The summed E-state index contributed by atoms with van der Waals surface area (Å²) in [6.45, 7) is 11.4. The number of anilines is 2. The third-order valence-electron chi connectivity index (χ3n) is 8.72. The largest absolute Gasteiger partial charge is 0.493 e. The minimum atomic E-state index is -0.310. The molecule has 0 saturated carbocycles. The Bertz CT molecular complexity index is 1090. The van der Waals surface area contributed by atoms with Crippen LogP contribution in [0.4, 0.5) is 11.4 Å². The monoisotopic (exact) mass is 553 g/mol. The van der Waals surface area contributed by atoms with Crippen LogP contribution >= 0.6 is 0 Å². The van der Waals surface area contributed by atoms with Gasteiger partial charge in [-0.05, 0) is 69.7 Å². The number of hydrogen-bond donors (Lipinski definition) is 2. The molecule has 2 aromatic carbocycles. The quantitative estimate of drug-likeness (QED) is 0.410. The van der Waals surface area contributed by atoms with E-state index in [1.165, 1.54) is 11.3 Å². The molecule has 9 heteroatoms. The summed E-state index contributed by atoms with van der Waals surface area (Å²) in [6, 6.07) is 13.1. The number of nitrogens with zero attached hydrogens (tertiary/aromatic N) is 5. The van der Waals surface area contributed by atoms with Gasteiger partial charge in [0.2, 0.25) is 0 Å². The molecule has 4 N–H and O–H groups in total. The lowest BCUT2D eigenvalue weighted by molar-refractivity contribution is 0.0282. The van der Waals surface area contributed by atoms with E-state index in [1.807, 2.05) is 12.1 Å². The van der Waals surface area contributed by atoms with Gasteiger partial charge in [-0.2, -0.15) is 0 Å². The van der Waals surface area contributed by atoms with Gasteiger partial charge >= 0.3 is 0 Å². The first-order chi connectivity index (χ1) is 19.3. The van der Waals surface area contributed by atoms with Crippen LogP contribution in [0.5, 0.6) is 11.5 Å². The zero-order valence-corrected chi connectivity index (χ0v) is 25.5. The molecule has 2 aliphatic rings. The van der Waals surface area contributed by atoms with Crippen molar-refractivity contribution < 1.29 is 9.47 Å². The van der Waals surface area contributed by atoms with E-state index in [-0.39, 0.29) is 12.5 Å². The Kier molecular flexibility index (Phi) is 10.5. The van der Waals surface area contributed by atoms with Crippen molar-refractivity contribution in [1.82, 2.24) is 14.7 Å². The highest BCUT2D eigenvalue weighted by Crippen LogP contribution is 2.43. The zero-order valence-electron chi connectivity index (χ0n) is 25.5. The van der Waals surface area contributed by atoms with Gasteiger partial charge in [0.25, 0.3) is 0 Å². The zero-order chi connectivity index (χ0) is 28.8. The lowest BCUT2D eigenvalue weighted by atomic mass is 9.96. The van der Waals surface area contributed by atoms with Crippen molar-refractivity contribution in [3.05, 3.63) is 47.5 Å². The molecule has 40 heavy (non-hydrogen) atoms. The minimum Gasteiger partial charge on any atom is -0.493 e. The number of piperidine rings is 1. The fourth-order valence-corrected chi connectivity index (χ4v) is 6.40. The Hall–Kier alpha value is -2.56. The van der Waals surface area contributed by atoms with E-state index in [0.717, 1.165) is 76.3 Å². The van der Waals surface area contributed by atoms with Crippen molar-refractivity contribution in [3.63, 3.8) is 0 Å². The summed E-state index contributed by atoms with van der Waals surface area (Å²) in [5.74, 6) is 1.40. The Morgan fingerprint density at radius 1 is 0.950 bits per heavy atom. The molecule has 222 valence electrons. The standard InChI is InChI=1S/C31H51N7O2/c1-7-35(8-2)16-11-17-37-27-21-29(40-6)28(39-5)20-25(27)30(32)38(31(37)33)24-14-18-36(19-15-24)22-23-12-9-10-13-26(23)34(3)4/h9-10,12-13,20-21,24,30-31H,7-8,11,14-19,22,32-33H2,1-6H3. The van der Waals surface area contributed by atoms with Gasteiger partial charge in [0.1, 0.15) is 6.29 Å². The number of likely N-dealkylation sites (tertiary alicyclic amines) is 1. The van der Waals surface area contributed by atoms with Crippen molar-refractivity contribution in [2.24, 2.45) is 11.5 Å². The van der Waals surface area contributed by atoms with E-state index < -0.39 is 0 Å². The van der Waals surface area contributed by atoms with Crippen LogP contribution in [0.1, 0.15) is 50.4 Å². The van der Waals surface area contributed by atoms with Gasteiger partial charge in [-0.3, -0.25) is 10.6 Å². The van der Waals surface area contributed by atoms with E-state index in [1.54, 1.807) is 14.2 Å². The summed E-state index contributed by atoms with van der Waals surface area (Å²) < 4.78 is 11.3. The minimum absolute atomic E-state index is 0.302. The molecule has 1 fully saturated rings. The SMILES string of the molecule is CCN(CC)CCCN1c2cc(OC)c(OC)cc2C(N)N(C2CCN(Cc3ccccc3N(C)C)CC2)C1N. The molecule has 0 spiro atoms. The van der Waals surface area contributed by atoms with Gasteiger partial charge in [0.15, 0.2) is 11.5 Å². The third-order valence-corrected chi connectivity index (χ3v) is 8.72. The van der Waals surface area contributed by atoms with Crippen molar-refractivity contribution in [1.29, 1.82) is 0 Å². The molecule has 0 aromatic heterocycles. The number of fused-ring (bicyclic) bond motifs is 1. The van der Waals surface area contributed by atoms with Crippen LogP contribution in [-0.2, 0) is 6.54 Å². The van der Waals surface area contributed by atoms with Crippen LogP contribution in [0.2, 0.25) is 0 Å². The molecule has 0 radical (unpaired) electrons. The van der Waals surface area contributed by atoms with Crippen LogP contribution in [-0.4, -0.2) is 94.6 Å². The second-order valence-electron chi connectivity index (χ2n) is 11.2. The topological polar surface area (TPSA) is 86.7 Å². The van der Waals surface area contributed by atoms with Crippen molar-refractivity contribution in [2.75, 3.05) is 77.4 Å². The number of benzene rings is 2. The normalized spacial score (nSPS) is 20.6. The van der Waals surface area contributed by atoms with E-state index in [2.05, 4.69) is 76.7 Å². The maximum atomic E-state index is 7.08. The van der Waals surface area contributed by atoms with Crippen molar-refractivity contribution in [3.8, 4) is 11.5 Å². The molecule has 1 saturated heterocycles. The van der Waals surface area contributed by atoms with Gasteiger partial charge < -0.3 is 29.9 Å². The van der Waals surface area contributed by atoms with Gasteiger partial charge in [0.05, 0.1) is 20.4 Å². The van der Waals surface area contributed by atoms with E-state index in [9.17, 15) is 0 Å². The average molecular weight is 554 g/mol. The summed E-state index contributed by atoms with van der Waals surface area (Å²) in [5, 5.41) is 0. The molecular formula is C31H51N7O2. The van der Waals surface area contributed by atoms with Crippen molar-refractivity contribution in [2.45, 2.75) is 58.2 Å². The number of methoxy groups -OCH3 is 2. The highest BCUT2D eigenvalue weighted by Gasteiger charge is 2.41. The maximum absolute atomic E-state index is 7.08. The molecule has 4 rings (SSSR count). The van der Waals surface area contributed by atoms with E-state index >= 15 is 0 Å². The first-order valence-corrected chi connectivity index (χ1v) is 14.8. The Balaban J connectivity index is 1.53.